The van der Waals surface area contributed by atoms with Crippen LogP contribution in [0.3, 0.4) is 0 Å². The number of rotatable bonds is 2. The van der Waals surface area contributed by atoms with Gasteiger partial charge in [0.05, 0.1) is 0 Å². The first-order valence-electron chi connectivity index (χ1n) is 6.96. The van der Waals surface area contributed by atoms with Gasteiger partial charge in [-0.15, -0.1) is 0 Å². The molecule has 0 aliphatic carbocycles. The molecular weight excluding hydrogens is 232 g/mol. The molecule has 1 aliphatic heterocycles. The van der Waals surface area contributed by atoms with Gasteiger partial charge in [0.15, 0.2) is 0 Å². The van der Waals surface area contributed by atoms with E-state index in [1.54, 1.807) is 0 Å². The van der Waals surface area contributed by atoms with Crippen LogP contribution in [0.5, 0.6) is 0 Å². The van der Waals surface area contributed by atoms with Crippen LogP contribution in [0.1, 0.15) is 5.56 Å². The number of hydrogen-bond donors (Lipinski definition) is 1. The Labute approximate surface area is 115 Å². The van der Waals surface area contributed by atoms with Crippen LogP contribution in [-0.2, 0) is 0 Å². The average Bonchev–Trinajstić information content (AvgIpc) is 2.49. The van der Waals surface area contributed by atoms with Gasteiger partial charge in [0, 0.05) is 31.9 Å². The fourth-order valence-electron chi connectivity index (χ4n) is 2.69. The molecule has 0 saturated carbocycles. The molecule has 3 rings (SSSR count). The molecule has 0 aromatic heterocycles. The Morgan fingerprint density at radius 3 is 2.53 bits per heavy atom. The second kappa shape index (κ2) is 5.45. The number of anilines is 1. The number of nitrogens with zero attached hydrogens (tertiary/aromatic N) is 1. The van der Waals surface area contributed by atoms with Crippen LogP contribution in [0.15, 0.2) is 48.5 Å². The lowest BCUT2D eigenvalue weighted by molar-refractivity contribution is 0.589. The third kappa shape index (κ3) is 2.64. The molecule has 2 aromatic carbocycles. The lowest BCUT2D eigenvalue weighted by atomic mass is 10.00. The summed E-state index contributed by atoms with van der Waals surface area (Å²) in [5.41, 5.74) is 5.32. The summed E-state index contributed by atoms with van der Waals surface area (Å²) in [4.78, 5) is 2.46. The predicted molar refractivity (Wildman–Crippen MR) is 81.7 cm³/mol. The third-order valence-corrected chi connectivity index (χ3v) is 3.78. The van der Waals surface area contributed by atoms with Crippen molar-refractivity contribution in [2.45, 2.75) is 6.92 Å². The number of nitrogens with one attached hydrogen (secondary N) is 1. The fraction of sp³-hybridized carbons (Fsp3) is 0.294. The van der Waals surface area contributed by atoms with E-state index in [-0.39, 0.29) is 0 Å². The number of piperazine rings is 1. The Kier molecular flexibility index (Phi) is 3.51. The Bertz CT molecular complexity index is 557. The Morgan fingerprint density at radius 2 is 1.74 bits per heavy atom. The van der Waals surface area contributed by atoms with Gasteiger partial charge in [0.2, 0.25) is 0 Å². The minimum Gasteiger partial charge on any atom is -0.369 e. The summed E-state index contributed by atoms with van der Waals surface area (Å²) in [6.45, 7) is 6.52. The largest absolute Gasteiger partial charge is 0.369 e. The highest BCUT2D eigenvalue weighted by Gasteiger charge is 2.11. The van der Waals surface area contributed by atoms with E-state index in [2.05, 4.69) is 65.7 Å². The highest BCUT2D eigenvalue weighted by molar-refractivity contribution is 5.71. The monoisotopic (exact) mass is 252 g/mol. The van der Waals surface area contributed by atoms with Crippen LogP contribution >= 0.6 is 0 Å². The summed E-state index contributed by atoms with van der Waals surface area (Å²) in [7, 11) is 0. The zero-order valence-corrected chi connectivity index (χ0v) is 11.4. The van der Waals surface area contributed by atoms with Crippen molar-refractivity contribution in [3.8, 4) is 11.1 Å². The maximum Gasteiger partial charge on any atom is 0.0373 e. The normalized spacial score (nSPS) is 15.5. The quantitative estimate of drug-likeness (QED) is 0.883. The molecule has 1 heterocycles. The van der Waals surface area contributed by atoms with E-state index < -0.39 is 0 Å². The van der Waals surface area contributed by atoms with Gasteiger partial charge in [-0.1, -0.05) is 36.4 Å². The number of aryl methyl sites for hydroxylation is 1. The highest BCUT2D eigenvalue weighted by Crippen LogP contribution is 2.27. The van der Waals surface area contributed by atoms with Crippen LogP contribution < -0.4 is 10.2 Å². The van der Waals surface area contributed by atoms with Crippen LogP contribution in [0.25, 0.3) is 11.1 Å². The Morgan fingerprint density at radius 1 is 0.947 bits per heavy atom. The summed E-state index contributed by atoms with van der Waals surface area (Å²) in [6.07, 6.45) is 0. The zero-order valence-electron chi connectivity index (χ0n) is 11.4. The fourth-order valence-corrected chi connectivity index (χ4v) is 2.69. The molecular formula is C17H20N2. The Balaban J connectivity index is 1.93. The van der Waals surface area contributed by atoms with Crippen molar-refractivity contribution in [3.63, 3.8) is 0 Å². The van der Waals surface area contributed by atoms with Gasteiger partial charge in [-0.2, -0.15) is 0 Å². The van der Waals surface area contributed by atoms with Crippen molar-refractivity contribution in [1.82, 2.24) is 5.32 Å². The highest BCUT2D eigenvalue weighted by atomic mass is 15.2. The van der Waals surface area contributed by atoms with E-state index in [1.165, 1.54) is 22.4 Å². The minimum absolute atomic E-state index is 1.08. The summed E-state index contributed by atoms with van der Waals surface area (Å²) >= 11 is 0. The number of benzene rings is 2. The molecule has 0 spiro atoms. The van der Waals surface area contributed by atoms with Crippen molar-refractivity contribution >= 4 is 5.69 Å². The molecule has 0 unspecified atom stereocenters. The lowest BCUT2D eigenvalue weighted by Crippen LogP contribution is -2.43. The molecule has 19 heavy (non-hydrogen) atoms. The summed E-state index contributed by atoms with van der Waals surface area (Å²) in [5.74, 6) is 0. The maximum absolute atomic E-state index is 3.40. The second-order valence-electron chi connectivity index (χ2n) is 5.10. The Hall–Kier alpha value is -1.80. The first-order valence-corrected chi connectivity index (χ1v) is 6.96. The molecule has 0 bridgehead atoms. The van der Waals surface area contributed by atoms with Crippen molar-refractivity contribution in [2.24, 2.45) is 0 Å². The van der Waals surface area contributed by atoms with Crippen LogP contribution in [0.2, 0.25) is 0 Å². The molecule has 1 saturated heterocycles. The summed E-state index contributed by atoms with van der Waals surface area (Å²) in [5, 5.41) is 3.40. The second-order valence-corrected chi connectivity index (χ2v) is 5.10. The molecule has 1 aliphatic rings. The first kappa shape index (κ1) is 12.2. The van der Waals surface area contributed by atoms with E-state index in [0.717, 1.165) is 26.2 Å². The van der Waals surface area contributed by atoms with Crippen molar-refractivity contribution in [1.29, 1.82) is 0 Å². The molecule has 1 fully saturated rings. The zero-order chi connectivity index (χ0) is 13.1. The molecule has 2 nitrogen and oxygen atoms in total. The molecule has 0 radical (unpaired) electrons. The lowest BCUT2D eigenvalue weighted by Gasteiger charge is -2.29. The van der Waals surface area contributed by atoms with Crippen LogP contribution in [0.4, 0.5) is 5.69 Å². The van der Waals surface area contributed by atoms with Gasteiger partial charge in [-0.05, 0) is 35.7 Å². The van der Waals surface area contributed by atoms with Crippen molar-refractivity contribution in [3.05, 3.63) is 54.1 Å². The molecule has 1 N–H and O–H groups in total. The maximum atomic E-state index is 3.40. The van der Waals surface area contributed by atoms with Crippen LogP contribution in [-0.4, -0.2) is 26.2 Å². The molecule has 98 valence electrons. The molecule has 0 amide bonds. The van der Waals surface area contributed by atoms with Gasteiger partial charge in [0.1, 0.15) is 0 Å². The molecule has 2 aromatic rings. The minimum atomic E-state index is 1.08. The van der Waals surface area contributed by atoms with E-state index in [0.29, 0.717) is 0 Å². The topological polar surface area (TPSA) is 15.3 Å². The average molecular weight is 252 g/mol. The molecule has 0 atom stereocenters. The summed E-state index contributed by atoms with van der Waals surface area (Å²) in [6, 6.07) is 17.5. The van der Waals surface area contributed by atoms with Crippen LogP contribution in [0, 0.1) is 6.92 Å². The standard InChI is InChI=1S/C17H20N2/c1-14-5-2-3-8-17(14)15-6-4-7-16(13-15)19-11-9-18-10-12-19/h2-8,13,18H,9-12H2,1H3. The van der Waals surface area contributed by atoms with Gasteiger partial charge >= 0.3 is 0 Å². The SMILES string of the molecule is Cc1ccccc1-c1cccc(N2CCNCC2)c1. The first-order chi connectivity index (χ1) is 9.34. The van der Waals surface area contributed by atoms with Crippen molar-refractivity contribution in [2.75, 3.05) is 31.1 Å². The van der Waals surface area contributed by atoms with E-state index in [1.807, 2.05) is 0 Å². The number of hydrogen-bond acceptors (Lipinski definition) is 2. The van der Waals surface area contributed by atoms with E-state index in [9.17, 15) is 0 Å². The van der Waals surface area contributed by atoms with Gasteiger partial charge in [-0.3, -0.25) is 0 Å². The molecule has 2 heteroatoms. The predicted octanol–water partition coefficient (Wildman–Crippen LogP) is 3.07. The van der Waals surface area contributed by atoms with Gasteiger partial charge in [-0.25, -0.2) is 0 Å². The van der Waals surface area contributed by atoms with Gasteiger partial charge in [0.25, 0.3) is 0 Å². The van der Waals surface area contributed by atoms with Gasteiger partial charge < -0.3 is 10.2 Å². The van der Waals surface area contributed by atoms with E-state index >= 15 is 0 Å². The van der Waals surface area contributed by atoms with E-state index in [4.69, 9.17) is 0 Å². The summed E-state index contributed by atoms with van der Waals surface area (Å²) < 4.78 is 0. The third-order valence-electron chi connectivity index (χ3n) is 3.78. The smallest absolute Gasteiger partial charge is 0.0373 e. The van der Waals surface area contributed by atoms with Crippen molar-refractivity contribution < 1.29 is 0 Å².